The summed E-state index contributed by atoms with van der Waals surface area (Å²) in [6.07, 6.45) is 10.2. The van der Waals surface area contributed by atoms with E-state index in [0.29, 0.717) is 5.92 Å². The van der Waals surface area contributed by atoms with E-state index in [4.69, 9.17) is 4.42 Å². The minimum Gasteiger partial charge on any atom is -0.467 e. The zero-order valence-corrected chi connectivity index (χ0v) is 14.5. The lowest BCUT2D eigenvalue weighted by molar-refractivity contribution is 0.161. The number of aromatic nitrogens is 1. The maximum Gasteiger partial charge on any atom is 0.318 e. The van der Waals surface area contributed by atoms with E-state index in [0.717, 1.165) is 36.6 Å². The van der Waals surface area contributed by atoms with Crippen molar-refractivity contribution < 1.29 is 9.21 Å². The summed E-state index contributed by atoms with van der Waals surface area (Å²) in [7, 11) is 0. The van der Waals surface area contributed by atoms with E-state index in [1.54, 1.807) is 17.6 Å². The van der Waals surface area contributed by atoms with E-state index in [9.17, 15) is 4.79 Å². The number of rotatable bonds is 4. The summed E-state index contributed by atoms with van der Waals surface area (Å²) in [4.78, 5) is 19.4. The van der Waals surface area contributed by atoms with Crippen molar-refractivity contribution in [1.82, 2.24) is 15.2 Å². The average molecular weight is 345 g/mol. The van der Waals surface area contributed by atoms with Crippen LogP contribution in [0.15, 0.2) is 34.4 Å². The third kappa shape index (κ3) is 3.34. The Morgan fingerprint density at radius 1 is 1.33 bits per heavy atom. The minimum absolute atomic E-state index is 0.0189. The Hall–Kier alpha value is -1.82. The molecule has 128 valence electrons. The predicted molar refractivity (Wildman–Crippen MR) is 92.7 cm³/mol. The molecule has 2 fully saturated rings. The summed E-state index contributed by atoms with van der Waals surface area (Å²) >= 11 is 1.63. The Labute approximate surface area is 146 Å². The van der Waals surface area contributed by atoms with Crippen LogP contribution in [-0.2, 0) is 0 Å². The van der Waals surface area contributed by atoms with Gasteiger partial charge in [-0.1, -0.05) is 12.8 Å². The van der Waals surface area contributed by atoms with E-state index >= 15 is 0 Å². The van der Waals surface area contributed by atoms with Gasteiger partial charge in [-0.2, -0.15) is 0 Å². The van der Waals surface area contributed by atoms with Crippen molar-refractivity contribution in [3.05, 3.63) is 40.7 Å². The maximum absolute atomic E-state index is 13.0. The number of hydrogen-bond donors (Lipinski definition) is 1. The largest absolute Gasteiger partial charge is 0.467 e. The normalized spacial score (nSPS) is 22.8. The Balaban J connectivity index is 1.52. The molecule has 2 aromatic rings. The molecule has 2 atom stereocenters. The van der Waals surface area contributed by atoms with Gasteiger partial charge < -0.3 is 14.6 Å². The Bertz CT molecular complexity index is 652. The van der Waals surface area contributed by atoms with Gasteiger partial charge in [0.05, 0.1) is 18.3 Å². The zero-order chi connectivity index (χ0) is 16.4. The van der Waals surface area contributed by atoms with Crippen molar-refractivity contribution in [3.63, 3.8) is 0 Å². The van der Waals surface area contributed by atoms with Crippen molar-refractivity contribution in [2.45, 2.75) is 50.6 Å². The number of thiazole rings is 1. The van der Waals surface area contributed by atoms with Crippen molar-refractivity contribution in [2.24, 2.45) is 5.92 Å². The molecule has 0 spiro atoms. The molecular formula is C18H23N3O2S. The monoisotopic (exact) mass is 345 g/mol. The second kappa shape index (κ2) is 6.97. The van der Waals surface area contributed by atoms with Crippen LogP contribution >= 0.6 is 11.3 Å². The Kier molecular flexibility index (Phi) is 4.56. The molecule has 0 radical (unpaired) electrons. The first-order valence-electron chi connectivity index (χ1n) is 8.83. The van der Waals surface area contributed by atoms with Gasteiger partial charge in [0.2, 0.25) is 0 Å². The molecule has 0 bridgehead atoms. The zero-order valence-electron chi connectivity index (χ0n) is 13.7. The van der Waals surface area contributed by atoms with Gasteiger partial charge in [0.15, 0.2) is 0 Å². The summed E-state index contributed by atoms with van der Waals surface area (Å²) < 4.78 is 5.61. The highest BCUT2D eigenvalue weighted by atomic mass is 32.1. The molecule has 1 saturated carbocycles. The van der Waals surface area contributed by atoms with Crippen LogP contribution in [0.1, 0.15) is 61.4 Å². The first kappa shape index (κ1) is 15.7. The van der Waals surface area contributed by atoms with Crippen molar-refractivity contribution in [3.8, 4) is 0 Å². The first-order chi connectivity index (χ1) is 11.8. The molecule has 6 heteroatoms. The Morgan fingerprint density at radius 3 is 2.96 bits per heavy atom. The molecule has 2 aromatic heterocycles. The highest BCUT2D eigenvalue weighted by Crippen LogP contribution is 2.42. The van der Waals surface area contributed by atoms with Crippen molar-refractivity contribution >= 4 is 17.4 Å². The maximum atomic E-state index is 13.0. The van der Waals surface area contributed by atoms with Gasteiger partial charge in [-0.15, -0.1) is 11.3 Å². The lowest BCUT2D eigenvalue weighted by Crippen LogP contribution is -2.44. The number of urea groups is 1. The standard InChI is InChI=1S/C18H23N3O2S/c22-18(20-16(13-7-8-13)17-19-9-12-24-17)21-10-3-1-2-5-14(21)15-6-4-11-23-15/h4,6,9,11-14,16H,1-3,5,7-8,10H2,(H,20,22)/t14-,16+/m0/s1. The van der Waals surface area contributed by atoms with Crippen LogP contribution < -0.4 is 5.32 Å². The van der Waals surface area contributed by atoms with Gasteiger partial charge in [0.1, 0.15) is 10.8 Å². The van der Waals surface area contributed by atoms with Crippen LogP contribution in [0.4, 0.5) is 4.79 Å². The van der Waals surface area contributed by atoms with Crippen molar-refractivity contribution in [2.75, 3.05) is 6.54 Å². The number of carbonyl (C=O) groups excluding carboxylic acids is 1. The molecule has 1 aliphatic carbocycles. The lowest BCUT2D eigenvalue weighted by Gasteiger charge is -2.30. The number of amides is 2. The number of hydrogen-bond acceptors (Lipinski definition) is 4. The number of nitrogens with zero attached hydrogens (tertiary/aromatic N) is 2. The van der Waals surface area contributed by atoms with E-state index < -0.39 is 0 Å². The number of furan rings is 1. The van der Waals surface area contributed by atoms with E-state index in [1.165, 1.54) is 19.3 Å². The van der Waals surface area contributed by atoms with Gasteiger partial charge in [0.25, 0.3) is 0 Å². The van der Waals surface area contributed by atoms with Crippen LogP contribution in [0, 0.1) is 5.92 Å². The molecule has 24 heavy (non-hydrogen) atoms. The summed E-state index contributed by atoms with van der Waals surface area (Å²) in [5.74, 6) is 1.43. The van der Waals surface area contributed by atoms with Crippen LogP contribution in [-0.4, -0.2) is 22.5 Å². The number of nitrogens with one attached hydrogen (secondary N) is 1. The smallest absolute Gasteiger partial charge is 0.318 e. The molecule has 4 rings (SSSR count). The average Bonchev–Trinajstić information content (AvgIpc) is 3.11. The minimum atomic E-state index is 0.0189. The molecule has 3 heterocycles. The molecule has 5 nitrogen and oxygen atoms in total. The quantitative estimate of drug-likeness (QED) is 0.886. The van der Waals surface area contributed by atoms with E-state index in [1.807, 2.05) is 28.6 Å². The fourth-order valence-electron chi connectivity index (χ4n) is 3.54. The molecule has 1 saturated heterocycles. The third-order valence-electron chi connectivity index (χ3n) is 4.98. The second-order valence-electron chi connectivity index (χ2n) is 6.71. The second-order valence-corrected chi connectivity index (χ2v) is 7.64. The van der Waals surface area contributed by atoms with Crippen LogP contribution in [0.2, 0.25) is 0 Å². The first-order valence-corrected chi connectivity index (χ1v) is 9.71. The molecule has 1 N–H and O–H groups in total. The fourth-order valence-corrected chi connectivity index (χ4v) is 4.32. The van der Waals surface area contributed by atoms with Gasteiger partial charge in [-0.3, -0.25) is 0 Å². The molecule has 0 aromatic carbocycles. The third-order valence-corrected chi connectivity index (χ3v) is 5.83. The SMILES string of the molecule is O=C(N[C@@H](c1nccs1)C1CC1)N1CCCCC[C@H]1c1ccco1. The number of carbonyl (C=O) groups is 1. The predicted octanol–water partition coefficient (Wildman–Crippen LogP) is 4.51. The molecule has 0 unspecified atom stereocenters. The summed E-state index contributed by atoms with van der Waals surface area (Å²) in [6.45, 7) is 0.784. The molecular weight excluding hydrogens is 322 g/mol. The van der Waals surface area contributed by atoms with Gasteiger partial charge in [-0.25, -0.2) is 9.78 Å². The molecule has 2 aliphatic rings. The number of likely N-dealkylation sites (tertiary alicyclic amines) is 1. The summed E-state index contributed by atoms with van der Waals surface area (Å²) in [5.41, 5.74) is 0. The van der Waals surface area contributed by atoms with Gasteiger partial charge >= 0.3 is 6.03 Å². The van der Waals surface area contributed by atoms with Gasteiger partial charge in [0, 0.05) is 18.1 Å². The summed E-state index contributed by atoms with van der Waals surface area (Å²) in [5, 5.41) is 6.27. The van der Waals surface area contributed by atoms with E-state index in [2.05, 4.69) is 10.3 Å². The summed E-state index contributed by atoms with van der Waals surface area (Å²) in [6, 6.07) is 4.00. The van der Waals surface area contributed by atoms with Crippen LogP contribution in [0.25, 0.3) is 0 Å². The fraction of sp³-hybridized carbons (Fsp3) is 0.556. The molecule has 1 aliphatic heterocycles. The molecule has 2 amide bonds. The topological polar surface area (TPSA) is 58.4 Å². The van der Waals surface area contributed by atoms with E-state index in [-0.39, 0.29) is 18.1 Å². The highest BCUT2D eigenvalue weighted by Gasteiger charge is 2.37. The van der Waals surface area contributed by atoms with Crippen LogP contribution in [0.3, 0.4) is 0 Å². The van der Waals surface area contributed by atoms with Gasteiger partial charge in [-0.05, 0) is 43.7 Å². The highest BCUT2D eigenvalue weighted by molar-refractivity contribution is 7.09. The van der Waals surface area contributed by atoms with Crippen LogP contribution in [0.5, 0.6) is 0 Å². The van der Waals surface area contributed by atoms with Crippen molar-refractivity contribution in [1.29, 1.82) is 0 Å². The lowest BCUT2D eigenvalue weighted by atomic mass is 10.1. The Morgan fingerprint density at radius 2 is 2.25 bits per heavy atom.